The fourth-order valence-electron chi connectivity index (χ4n) is 2.26. The highest BCUT2D eigenvalue weighted by atomic mass is 32.1. The number of para-hydroxylation sites is 1. The number of halogens is 1. The summed E-state index contributed by atoms with van der Waals surface area (Å²) in [5.74, 6) is -0.487. The van der Waals surface area contributed by atoms with E-state index < -0.39 is 5.82 Å². The van der Waals surface area contributed by atoms with E-state index >= 15 is 0 Å². The van der Waals surface area contributed by atoms with Gasteiger partial charge in [0.05, 0.1) is 27.8 Å². The number of aromatic amines is 1. The van der Waals surface area contributed by atoms with E-state index in [0.29, 0.717) is 27.1 Å². The molecule has 0 unspecified atom stereocenters. The van der Waals surface area contributed by atoms with Gasteiger partial charge in [-0.3, -0.25) is 4.57 Å². The van der Waals surface area contributed by atoms with Crippen molar-refractivity contribution in [1.29, 1.82) is 10.5 Å². The fraction of sp³-hybridized carbons (Fsp3) is 0. The van der Waals surface area contributed by atoms with Crippen LogP contribution in [0.2, 0.25) is 0 Å². The predicted molar refractivity (Wildman–Crippen MR) is 77.8 cm³/mol. The number of imidazole rings is 1. The summed E-state index contributed by atoms with van der Waals surface area (Å²) < 4.78 is 15.2. The van der Waals surface area contributed by atoms with Crippen LogP contribution in [0.15, 0.2) is 36.4 Å². The van der Waals surface area contributed by atoms with Crippen LogP contribution in [0.25, 0.3) is 16.7 Å². The van der Waals surface area contributed by atoms with Crippen LogP contribution in [0.3, 0.4) is 0 Å². The van der Waals surface area contributed by atoms with Gasteiger partial charge in [0.2, 0.25) is 0 Å². The summed E-state index contributed by atoms with van der Waals surface area (Å²) in [6.45, 7) is 0. The Labute approximate surface area is 124 Å². The maximum absolute atomic E-state index is 13.3. The maximum Gasteiger partial charge on any atom is 0.182 e. The number of hydrogen-bond donors (Lipinski definition) is 1. The van der Waals surface area contributed by atoms with E-state index in [9.17, 15) is 9.65 Å². The number of H-pyrrole nitrogens is 1. The van der Waals surface area contributed by atoms with E-state index in [2.05, 4.69) is 11.1 Å². The summed E-state index contributed by atoms with van der Waals surface area (Å²) in [4.78, 5) is 2.96. The van der Waals surface area contributed by atoms with Gasteiger partial charge in [0.15, 0.2) is 4.77 Å². The smallest absolute Gasteiger partial charge is 0.182 e. The third-order valence-electron chi connectivity index (χ3n) is 3.16. The third kappa shape index (κ3) is 1.99. The zero-order chi connectivity index (χ0) is 15.0. The van der Waals surface area contributed by atoms with Gasteiger partial charge in [-0.05, 0) is 42.5 Å². The van der Waals surface area contributed by atoms with Crippen LogP contribution in [0, 0.1) is 33.3 Å². The molecule has 1 heterocycles. The van der Waals surface area contributed by atoms with Crippen molar-refractivity contribution in [2.75, 3.05) is 0 Å². The summed E-state index contributed by atoms with van der Waals surface area (Å²) in [5, 5.41) is 18.3. The molecule has 0 fully saturated rings. The highest BCUT2D eigenvalue weighted by Gasteiger charge is 2.13. The van der Waals surface area contributed by atoms with Gasteiger partial charge < -0.3 is 4.98 Å². The molecule has 6 heteroatoms. The normalized spacial score (nSPS) is 10.2. The van der Waals surface area contributed by atoms with E-state index in [1.165, 1.54) is 12.1 Å². The first-order chi connectivity index (χ1) is 10.2. The first-order valence-electron chi connectivity index (χ1n) is 5.99. The maximum atomic E-state index is 13.3. The Bertz CT molecular complexity index is 1000. The average Bonchev–Trinajstić information content (AvgIpc) is 2.83. The molecule has 0 radical (unpaired) electrons. The Morgan fingerprint density at radius 2 is 1.86 bits per heavy atom. The molecule has 0 atom stereocenters. The van der Waals surface area contributed by atoms with Gasteiger partial charge in [-0.15, -0.1) is 0 Å². The summed E-state index contributed by atoms with van der Waals surface area (Å²) in [6.07, 6.45) is 0. The number of nitriles is 2. The number of fused-ring (bicyclic) bond motifs is 1. The lowest BCUT2D eigenvalue weighted by Gasteiger charge is -2.07. The Kier molecular flexibility index (Phi) is 3.02. The largest absolute Gasteiger partial charge is 0.329 e. The Hall–Kier alpha value is -2.96. The standard InChI is InChI=1S/C15H7FN4S/c16-11-4-5-12(10(6-11)8-18)20-13-3-1-2-9(7-17)14(13)19-15(20)21/h1-6H,(H,19,21). The highest BCUT2D eigenvalue weighted by Crippen LogP contribution is 2.24. The van der Waals surface area contributed by atoms with Gasteiger partial charge in [0, 0.05) is 0 Å². The van der Waals surface area contributed by atoms with Gasteiger partial charge >= 0.3 is 0 Å². The van der Waals surface area contributed by atoms with Crippen LogP contribution in [-0.2, 0) is 0 Å². The Balaban J connectivity index is 2.43. The van der Waals surface area contributed by atoms with Crippen LogP contribution in [0.4, 0.5) is 4.39 Å². The van der Waals surface area contributed by atoms with Crippen molar-refractivity contribution in [1.82, 2.24) is 9.55 Å². The number of nitrogens with one attached hydrogen (secondary N) is 1. The van der Waals surface area contributed by atoms with Gasteiger partial charge in [-0.25, -0.2) is 4.39 Å². The van der Waals surface area contributed by atoms with Crippen LogP contribution in [0.1, 0.15) is 11.1 Å². The Morgan fingerprint density at radius 3 is 2.57 bits per heavy atom. The number of hydrogen-bond acceptors (Lipinski definition) is 3. The molecular weight excluding hydrogens is 287 g/mol. The highest BCUT2D eigenvalue weighted by molar-refractivity contribution is 7.71. The quantitative estimate of drug-likeness (QED) is 0.698. The van der Waals surface area contributed by atoms with Crippen molar-refractivity contribution in [3.05, 3.63) is 58.1 Å². The minimum absolute atomic E-state index is 0.175. The van der Waals surface area contributed by atoms with Crippen LogP contribution in [0.5, 0.6) is 0 Å². The van der Waals surface area contributed by atoms with Crippen molar-refractivity contribution >= 4 is 23.3 Å². The molecule has 1 N–H and O–H groups in total. The third-order valence-corrected chi connectivity index (χ3v) is 3.44. The van der Waals surface area contributed by atoms with Gasteiger partial charge in [0.1, 0.15) is 18.0 Å². The van der Waals surface area contributed by atoms with E-state index in [1.54, 1.807) is 22.8 Å². The van der Waals surface area contributed by atoms with Crippen LogP contribution >= 0.6 is 12.2 Å². The lowest BCUT2D eigenvalue weighted by Crippen LogP contribution is -1.98. The Morgan fingerprint density at radius 1 is 1.10 bits per heavy atom. The SMILES string of the molecule is N#Cc1cc(F)ccc1-n1c(=S)[nH]c2c(C#N)cccc21. The van der Waals surface area contributed by atoms with Crippen LogP contribution in [-0.4, -0.2) is 9.55 Å². The molecule has 100 valence electrons. The number of nitrogens with zero attached hydrogens (tertiary/aromatic N) is 3. The van der Waals surface area contributed by atoms with Crippen molar-refractivity contribution < 1.29 is 4.39 Å². The minimum Gasteiger partial charge on any atom is -0.329 e. The van der Waals surface area contributed by atoms with Crippen molar-refractivity contribution in [2.24, 2.45) is 0 Å². The zero-order valence-corrected chi connectivity index (χ0v) is 11.4. The van der Waals surface area contributed by atoms with Gasteiger partial charge in [-0.1, -0.05) is 6.07 Å². The topological polar surface area (TPSA) is 68.3 Å². The predicted octanol–water partition coefficient (Wildman–Crippen LogP) is 3.57. The first-order valence-corrected chi connectivity index (χ1v) is 6.40. The molecule has 0 bridgehead atoms. The van der Waals surface area contributed by atoms with E-state index in [0.717, 1.165) is 6.07 Å². The summed E-state index contributed by atoms with van der Waals surface area (Å²) >= 11 is 5.28. The van der Waals surface area contributed by atoms with Crippen molar-refractivity contribution in [3.63, 3.8) is 0 Å². The lowest BCUT2D eigenvalue weighted by atomic mass is 10.1. The molecular formula is C15H7FN4S. The number of rotatable bonds is 1. The molecule has 0 aliphatic carbocycles. The molecule has 0 saturated carbocycles. The molecule has 0 amide bonds. The molecule has 1 aromatic heterocycles. The molecule has 3 aromatic rings. The molecule has 0 aliphatic heterocycles. The molecule has 2 aromatic carbocycles. The monoisotopic (exact) mass is 294 g/mol. The second-order valence-corrected chi connectivity index (χ2v) is 4.74. The van der Waals surface area contributed by atoms with E-state index in [4.69, 9.17) is 17.5 Å². The molecule has 3 rings (SSSR count). The van der Waals surface area contributed by atoms with Crippen molar-refractivity contribution in [3.8, 4) is 17.8 Å². The second kappa shape index (κ2) is 4.86. The fourth-order valence-corrected chi connectivity index (χ4v) is 2.55. The van der Waals surface area contributed by atoms with Gasteiger partial charge in [-0.2, -0.15) is 10.5 Å². The minimum atomic E-state index is -0.487. The second-order valence-electron chi connectivity index (χ2n) is 4.35. The summed E-state index contributed by atoms with van der Waals surface area (Å²) in [6, 6.07) is 13.2. The molecule has 0 saturated heterocycles. The lowest BCUT2D eigenvalue weighted by molar-refractivity contribution is 0.627. The first kappa shape index (κ1) is 13.0. The van der Waals surface area contributed by atoms with E-state index in [-0.39, 0.29) is 5.56 Å². The number of benzene rings is 2. The summed E-state index contributed by atoms with van der Waals surface area (Å²) in [7, 11) is 0. The molecule has 0 aliphatic rings. The molecule has 0 spiro atoms. The van der Waals surface area contributed by atoms with E-state index in [1.807, 2.05) is 6.07 Å². The van der Waals surface area contributed by atoms with Crippen molar-refractivity contribution in [2.45, 2.75) is 0 Å². The molecule has 4 nitrogen and oxygen atoms in total. The van der Waals surface area contributed by atoms with Gasteiger partial charge in [0.25, 0.3) is 0 Å². The summed E-state index contributed by atoms with van der Waals surface area (Å²) in [5.41, 5.74) is 2.37. The van der Waals surface area contributed by atoms with Crippen LogP contribution < -0.4 is 0 Å². The average molecular weight is 294 g/mol. The number of aromatic nitrogens is 2. The molecule has 21 heavy (non-hydrogen) atoms. The zero-order valence-electron chi connectivity index (χ0n) is 10.6.